The number of nitriles is 1. The van der Waals surface area contributed by atoms with Crippen molar-refractivity contribution in [3.8, 4) is 6.07 Å². The predicted molar refractivity (Wildman–Crippen MR) is 54.1 cm³/mol. The molecule has 68 valence electrons. The Morgan fingerprint density at radius 1 is 1.54 bits per heavy atom. The second-order valence-corrected chi connectivity index (χ2v) is 3.34. The van der Waals surface area contributed by atoms with E-state index in [-0.39, 0.29) is 0 Å². The van der Waals surface area contributed by atoms with Crippen molar-refractivity contribution < 1.29 is 4.74 Å². The molecule has 0 spiro atoms. The van der Waals surface area contributed by atoms with Crippen molar-refractivity contribution in [1.29, 1.82) is 5.26 Å². The number of ether oxygens (including phenoxy) is 1. The minimum absolute atomic E-state index is 0.472. The van der Waals surface area contributed by atoms with Crippen molar-refractivity contribution in [2.24, 2.45) is 0 Å². The van der Waals surface area contributed by atoms with E-state index in [0.717, 1.165) is 10.0 Å². The molecule has 3 heteroatoms. The van der Waals surface area contributed by atoms with Gasteiger partial charge in [0.05, 0.1) is 6.07 Å². The van der Waals surface area contributed by atoms with E-state index in [1.807, 2.05) is 31.2 Å². The molecular formula is C10H10BrNO. The Hall–Kier alpha value is -0.850. The zero-order valence-corrected chi connectivity index (χ0v) is 8.91. The number of hydrogen-bond acceptors (Lipinski definition) is 2. The van der Waals surface area contributed by atoms with E-state index in [1.165, 1.54) is 0 Å². The van der Waals surface area contributed by atoms with Crippen LogP contribution in [0.5, 0.6) is 0 Å². The second-order valence-electron chi connectivity index (χ2n) is 2.49. The lowest BCUT2D eigenvalue weighted by Gasteiger charge is -2.10. The Labute approximate surface area is 86.3 Å². The average Bonchev–Trinajstić information content (AvgIpc) is 2.16. The highest BCUT2D eigenvalue weighted by atomic mass is 79.9. The van der Waals surface area contributed by atoms with Crippen LogP contribution in [-0.4, -0.2) is 6.61 Å². The van der Waals surface area contributed by atoms with E-state index in [2.05, 4.69) is 22.0 Å². The normalized spacial score (nSPS) is 12.1. The van der Waals surface area contributed by atoms with Gasteiger partial charge in [-0.3, -0.25) is 0 Å². The molecule has 0 saturated carbocycles. The van der Waals surface area contributed by atoms with Crippen LogP contribution in [0, 0.1) is 11.3 Å². The minimum Gasteiger partial charge on any atom is -0.359 e. The largest absolute Gasteiger partial charge is 0.359 e. The van der Waals surface area contributed by atoms with Crippen LogP contribution in [0.3, 0.4) is 0 Å². The first kappa shape index (κ1) is 10.2. The van der Waals surface area contributed by atoms with Gasteiger partial charge in [-0.2, -0.15) is 5.26 Å². The van der Waals surface area contributed by atoms with Crippen molar-refractivity contribution >= 4 is 15.9 Å². The van der Waals surface area contributed by atoms with Crippen molar-refractivity contribution in [2.75, 3.05) is 6.61 Å². The van der Waals surface area contributed by atoms with Gasteiger partial charge in [-0.1, -0.05) is 34.1 Å². The molecule has 1 aromatic carbocycles. The maximum Gasteiger partial charge on any atom is 0.170 e. The zero-order valence-electron chi connectivity index (χ0n) is 7.33. The molecule has 0 radical (unpaired) electrons. The van der Waals surface area contributed by atoms with Gasteiger partial charge >= 0.3 is 0 Å². The van der Waals surface area contributed by atoms with E-state index in [4.69, 9.17) is 10.00 Å². The lowest BCUT2D eigenvalue weighted by molar-refractivity contribution is 0.101. The molecular weight excluding hydrogens is 230 g/mol. The van der Waals surface area contributed by atoms with Crippen LogP contribution in [0.4, 0.5) is 0 Å². The monoisotopic (exact) mass is 239 g/mol. The highest BCUT2D eigenvalue weighted by molar-refractivity contribution is 9.10. The summed E-state index contributed by atoms with van der Waals surface area (Å²) in [5.74, 6) is 0. The summed E-state index contributed by atoms with van der Waals surface area (Å²) in [6.45, 7) is 2.42. The van der Waals surface area contributed by atoms with Gasteiger partial charge in [0, 0.05) is 16.6 Å². The molecule has 1 unspecified atom stereocenters. The highest BCUT2D eigenvalue weighted by Crippen LogP contribution is 2.24. The van der Waals surface area contributed by atoms with Crippen LogP contribution in [0.2, 0.25) is 0 Å². The van der Waals surface area contributed by atoms with Gasteiger partial charge in [-0.25, -0.2) is 0 Å². The summed E-state index contributed by atoms with van der Waals surface area (Å²) in [5.41, 5.74) is 0.881. The molecule has 0 aliphatic heterocycles. The van der Waals surface area contributed by atoms with Crippen LogP contribution in [0.25, 0.3) is 0 Å². The number of benzene rings is 1. The maximum atomic E-state index is 8.84. The van der Waals surface area contributed by atoms with E-state index < -0.39 is 6.10 Å². The van der Waals surface area contributed by atoms with Crippen molar-refractivity contribution in [3.05, 3.63) is 34.3 Å². The Morgan fingerprint density at radius 2 is 2.23 bits per heavy atom. The van der Waals surface area contributed by atoms with Crippen molar-refractivity contribution in [1.82, 2.24) is 0 Å². The molecule has 0 aliphatic rings. The van der Waals surface area contributed by atoms with E-state index >= 15 is 0 Å². The van der Waals surface area contributed by atoms with Crippen LogP contribution in [0.1, 0.15) is 18.6 Å². The van der Waals surface area contributed by atoms with Gasteiger partial charge in [0.25, 0.3) is 0 Å². The molecule has 0 aromatic heterocycles. The van der Waals surface area contributed by atoms with E-state index in [0.29, 0.717) is 6.61 Å². The third kappa shape index (κ3) is 2.55. The molecule has 0 heterocycles. The third-order valence-corrected chi connectivity index (χ3v) is 2.36. The second kappa shape index (κ2) is 5.00. The number of nitrogens with zero attached hydrogens (tertiary/aromatic N) is 1. The fourth-order valence-corrected chi connectivity index (χ4v) is 1.54. The first-order valence-electron chi connectivity index (χ1n) is 4.05. The topological polar surface area (TPSA) is 33.0 Å². The summed E-state index contributed by atoms with van der Waals surface area (Å²) >= 11 is 3.38. The molecule has 1 rings (SSSR count). The summed E-state index contributed by atoms with van der Waals surface area (Å²) < 4.78 is 6.18. The Balaban J connectivity index is 2.92. The third-order valence-electron chi connectivity index (χ3n) is 1.64. The van der Waals surface area contributed by atoms with E-state index in [1.54, 1.807) is 0 Å². The fraction of sp³-hybridized carbons (Fsp3) is 0.300. The molecule has 1 aromatic rings. The van der Waals surface area contributed by atoms with Gasteiger partial charge in [0.1, 0.15) is 0 Å². The minimum atomic E-state index is -0.472. The van der Waals surface area contributed by atoms with Crippen LogP contribution >= 0.6 is 15.9 Å². The predicted octanol–water partition coefficient (Wildman–Crippen LogP) is 3.05. The maximum absolute atomic E-state index is 8.84. The smallest absolute Gasteiger partial charge is 0.170 e. The number of hydrogen-bond donors (Lipinski definition) is 0. The highest BCUT2D eigenvalue weighted by Gasteiger charge is 2.12. The summed E-state index contributed by atoms with van der Waals surface area (Å²) in [6, 6.07) is 9.69. The number of rotatable bonds is 3. The van der Waals surface area contributed by atoms with Crippen LogP contribution < -0.4 is 0 Å². The van der Waals surface area contributed by atoms with Gasteiger partial charge in [0.15, 0.2) is 6.10 Å². The zero-order chi connectivity index (χ0) is 9.68. The molecule has 0 saturated heterocycles. The summed E-state index contributed by atoms with van der Waals surface area (Å²) in [6.07, 6.45) is -0.472. The lowest BCUT2D eigenvalue weighted by Crippen LogP contribution is -2.01. The van der Waals surface area contributed by atoms with Crippen LogP contribution in [-0.2, 0) is 4.74 Å². The SMILES string of the molecule is CCOC(C#N)c1ccccc1Br. The van der Waals surface area contributed by atoms with Gasteiger partial charge in [0.2, 0.25) is 0 Å². The Kier molecular flexibility index (Phi) is 3.94. The molecule has 1 atom stereocenters. The Morgan fingerprint density at radius 3 is 2.77 bits per heavy atom. The first-order chi connectivity index (χ1) is 6.29. The fourth-order valence-electron chi connectivity index (χ4n) is 1.05. The van der Waals surface area contributed by atoms with Crippen molar-refractivity contribution in [2.45, 2.75) is 13.0 Å². The average molecular weight is 240 g/mol. The van der Waals surface area contributed by atoms with Gasteiger partial charge < -0.3 is 4.74 Å². The van der Waals surface area contributed by atoms with Crippen molar-refractivity contribution in [3.63, 3.8) is 0 Å². The summed E-state index contributed by atoms with van der Waals surface area (Å²) in [5, 5.41) is 8.84. The van der Waals surface area contributed by atoms with E-state index in [9.17, 15) is 0 Å². The Bertz CT molecular complexity index is 319. The molecule has 0 N–H and O–H groups in total. The molecule has 0 aliphatic carbocycles. The number of halogens is 1. The van der Waals surface area contributed by atoms with Gasteiger partial charge in [-0.15, -0.1) is 0 Å². The molecule has 0 fully saturated rings. The standard InChI is InChI=1S/C10H10BrNO/c1-2-13-10(7-12)8-5-3-4-6-9(8)11/h3-6,10H,2H2,1H3. The first-order valence-corrected chi connectivity index (χ1v) is 4.84. The quantitative estimate of drug-likeness (QED) is 0.813. The molecule has 2 nitrogen and oxygen atoms in total. The lowest BCUT2D eigenvalue weighted by atomic mass is 10.1. The van der Waals surface area contributed by atoms with Crippen LogP contribution in [0.15, 0.2) is 28.7 Å². The summed E-state index contributed by atoms with van der Waals surface area (Å²) in [7, 11) is 0. The summed E-state index contributed by atoms with van der Waals surface area (Å²) in [4.78, 5) is 0. The molecule has 0 amide bonds. The molecule has 13 heavy (non-hydrogen) atoms. The molecule has 0 bridgehead atoms. The van der Waals surface area contributed by atoms with Gasteiger partial charge in [-0.05, 0) is 13.0 Å².